The number of aliphatic hydroxyl groups excluding tert-OH is 1. The Bertz CT molecular complexity index is 309. The summed E-state index contributed by atoms with van der Waals surface area (Å²) in [5.41, 5.74) is 1.32. The van der Waals surface area contributed by atoms with Crippen LogP contribution < -0.4 is 5.32 Å². The van der Waals surface area contributed by atoms with E-state index in [1.165, 1.54) is 18.4 Å². The van der Waals surface area contributed by atoms with Gasteiger partial charge in [0.2, 0.25) is 0 Å². The number of hydrogen-bond acceptors (Lipinski definition) is 3. The molecule has 0 spiro atoms. The minimum atomic E-state index is 0.236. The van der Waals surface area contributed by atoms with Gasteiger partial charge in [-0.1, -0.05) is 30.3 Å². The largest absolute Gasteiger partial charge is 0.395 e. The quantitative estimate of drug-likeness (QED) is 0.777. The molecule has 0 aromatic heterocycles. The molecule has 1 fully saturated rings. The molecule has 0 saturated carbocycles. The Hall–Kier alpha value is -0.900. The SMILES string of the molecule is OCCN(Cc1ccccc1)CC1CCCN1. The Morgan fingerprint density at radius 3 is 2.76 bits per heavy atom. The first-order valence-electron chi connectivity index (χ1n) is 6.49. The third-order valence-corrected chi connectivity index (χ3v) is 3.31. The van der Waals surface area contributed by atoms with E-state index >= 15 is 0 Å². The molecule has 3 nitrogen and oxygen atoms in total. The van der Waals surface area contributed by atoms with E-state index in [1.807, 2.05) is 6.07 Å². The number of nitrogens with zero attached hydrogens (tertiary/aromatic N) is 1. The van der Waals surface area contributed by atoms with E-state index in [4.69, 9.17) is 5.11 Å². The summed E-state index contributed by atoms with van der Waals surface area (Å²) < 4.78 is 0. The zero-order valence-electron chi connectivity index (χ0n) is 10.3. The van der Waals surface area contributed by atoms with Crippen molar-refractivity contribution in [3.8, 4) is 0 Å². The normalized spacial score (nSPS) is 20.0. The molecule has 2 N–H and O–H groups in total. The molecular weight excluding hydrogens is 212 g/mol. The van der Waals surface area contributed by atoms with Crippen LogP contribution in [0.25, 0.3) is 0 Å². The van der Waals surface area contributed by atoms with Crippen LogP contribution in [0.4, 0.5) is 0 Å². The van der Waals surface area contributed by atoms with Crippen molar-refractivity contribution in [3.05, 3.63) is 35.9 Å². The van der Waals surface area contributed by atoms with Gasteiger partial charge >= 0.3 is 0 Å². The summed E-state index contributed by atoms with van der Waals surface area (Å²) >= 11 is 0. The average Bonchev–Trinajstić information content (AvgIpc) is 2.83. The van der Waals surface area contributed by atoms with Crippen molar-refractivity contribution in [1.29, 1.82) is 0 Å². The van der Waals surface area contributed by atoms with E-state index in [0.29, 0.717) is 6.04 Å². The van der Waals surface area contributed by atoms with E-state index in [9.17, 15) is 0 Å². The predicted molar refractivity (Wildman–Crippen MR) is 69.8 cm³/mol. The number of nitrogens with one attached hydrogen (secondary N) is 1. The van der Waals surface area contributed by atoms with E-state index < -0.39 is 0 Å². The molecule has 0 bridgehead atoms. The Balaban J connectivity index is 1.87. The molecule has 1 aromatic carbocycles. The van der Waals surface area contributed by atoms with Gasteiger partial charge in [0.05, 0.1) is 6.61 Å². The zero-order chi connectivity index (χ0) is 11.9. The first-order valence-corrected chi connectivity index (χ1v) is 6.49. The molecule has 0 aliphatic carbocycles. The lowest BCUT2D eigenvalue weighted by atomic mass is 10.1. The van der Waals surface area contributed by atoms with E-state index in [-0.39, 0.29) is 6.61 Å². The summed E-state index contributed by atoms with van der Waals surface area (Å²) in [7, 11) is 0. The third-order valence-electron chi connectivity index (χ3n) is 3.31. The lowest BCUT2D eigenvalue weighted by Gasteiger charge is -2.24. The summed E-state index contributed by atoms with van der Waals surface area (Å²) in [5, 5.41) is 12.6. The summed E-state index contributed by atoms with van der Waals surface area (Å²) in [6.45, 7) is 4.10. The van der Waals surface area contributed by atoms with Gasteiger partial charge in [-0.15, -0.1) is 0 Å². The van der Waals surface area contributed by atoms with Crippen LogP contribution in [0, 0.1) is 0 Å². The van der Waals surface area contributed by atoms with Gasteiger partial charge in [-0.05, 0) is 24.9 Å². The predicted octanol–water partition coefficient (Wildman–Crippen LogP) is 1.23. The second kappa shape index (κ2) is 6.74. The van der Waals surface area contributed by atoms with Crippen molar-refractivity contribution in [2.24, 2.45) is 0 Å². The molecule has 1 unspecified atom stereocenters. The topological polar surface area (TPSA) is 35.5 Å². The summed E-state index contributed by atoms with van der Waals surface area (Å²) in [6, 6.07) is 11.1. The molecule has 0 amide bonds. The fraction of sp³-hybridized carbons (Fsp3) is 0.571. The third kappa shape index (κ3) is 4.11. The van der Waals surface area contributed by atoms with Crippen molar-refractivity contribution in [3.63, 3.8) is 0 Å². The molecule has 1 aliphatic heterocycles. The molecule has 1 heterocycles. The molecule has 3 heteroatoms. The van der Waals surface area contributed by atoms with Crippen LogP contribution in [-0.2, 0) is 6.54 Å². The highest BCUT2D eigenvalue weighted by Gasteiger charge is 2.17. The van der Waals surface area contributed by atoms with Crippen LogP contribution in [0.1, 0.15) is 18.4 Å². The van der Waals surface area contributed by atoms with Gasteiger partial charge in [0.15, 0.2) is 0 Å². The lowest BCUT2D eigenvalue weighted by molar-refractivity contribution is 0.179. The van der Waals surface area contributed by atoms with Crippen LogP contribution in [0.15, 0.2) is 30.3 Å². The van der Waals surface area contributed by atoms with Crippen molar-refractivity contribution >= 4 is 0 Å². The monoisotopic (exact) mass is 234 g/mol. The van der Waals surface area contributed by atoms with Gasteiger partial charge in [-0.2, -0.15) is 0 Å². The maximum absolute atomic E-state index is 9.13. The fourth-order valence-corrected chi connectivity index (χ4v) is 2.44. The van der Waals surface area contributed by atoms with Crippen LogP contribution in [0.2, 0.25) is 0 Å². The number of aliphatic hydroxyl groups is 1. The van der Waals surface area contributed by atoms with Crippen molar-refractivity contribution in [2.75, 3.05) is 26.2 Å². The van der Waals surface area contributed by atoms with Crippen molar-refractivity contribution in [1.82, 2.24) is 10.2 Å². The highest BCUT2D eigenvalue weighted by atomic mass is 16.3. The van der Waals surface area contributed by atoms with Crippen molar-refractivity contribution in [2.45, 2.75) is 25.4 Å². The Morgan fingerprint density at radius 2 is 2.12 bits per heavy atom. The first kappa shape index (κ1) is 12.6. The Labute approximate surface area is 103 Å². The summed E-state index contributed by atoms with van der Waals surface area (Å²) in [6.07, 6.45) is 2.54. The average molecular weight is 234 g/mol. The maximum atomic E-state index is 9.13. The second-order valence-electron chi connectivity index (χ2n) is 4.74. The summed E-state index contributed by atoms with van der Waals surface area (Å²) in [4.78, 5) is 2.33. The number of hydrogen-bond donors (Lipinski definition) is 2. The van der Waals surface area contributed by atoms with Crippen LogP contribution in [0.3, 0.4) is 0 Å². The molecule has 2 rings (SSSR count). The molecule has 1 atom stereocenters. The fourth-order valence-electron chi connectivity index (χ4n) is 2.44. The van der Waals surface area contributed by atoms with E-state index in [2.05, 4.69) is 34.5 Å². The molecule has 94 valence electrons. The second-order valence-corrected chi connectivity index (χ2v) is 4.74. The van der Waals surface area contributed by atoms with Gasteiger partial charge in [-0.25, -0.2) is 0 Å². The standard InChI is InChI=1S/C14H22N2O/c17-10-9-16(12-14-7-4-8-15-14)11-13-5-2-1-3-6-13/h1-3,5-6,14-15,17H,4,7-12H2. The number of rotatable bonds is 6. The van der Waals surface area contributed by atoms with Crippen molar-refractivity contribution < 1.29 is 5.11 Å². The minimum absolute atomic E-state index is 0.236. The van der Waals surface area contributed by atoms with E-state index in [0.717, 1.165) is 26.2 Å². The van der Waals surface area contributed by atoms with Crippen LogP contribution >= 0.6 is 0 Å². The van der Waals surface area contributed by atoms with Crippen LogP contribution in [0.5, 0.6) is 0 Å². The molecular formula is C14H22N2O. The van der Waals surface area contributed by atoms with Gasteiger partial charge in [0, 0.05) is 25.7 Å². The molecule has 1 saturated heterocycles. The maximum Gasteiger partial charge on any atom is 0.0558 e. The van der Waals surface area contributed by atoms with Gasteiger partial charge in [0.1, 0.15) is 0 Å². The van der Waals surface area contributed by atoms with Crippen LogP contribution in [-0.4, -0.2) is 42.3 Å². The molecule has 1 aliphatic rings. The molecule has 1 aromatic rings. The first-order chi connectivity index (χ1) is 8.38. The van der Waals surface area contributed by atoms with Gasteiger partial charge < -0.3 is 10.4 Å². The lowest BCUT2D eigenvalue weighted by Crippen LogP contribution is -2.38. The van der Waals surface area contributed by atoms with E-state index in [1.54, 1.807) is 0 Å². The van der Waals surface area contributed by atoms with Gasteiger partial charge in [0.25, 0.3) is 0 Å². The minimum Gasteiger partial charge on any atom is -0.395 e. The molecule has 17 heavy (non-hydrogen) atoms. The zero-order valence-corrected chi connectivity index (χ0v) is 10.3. The Morgan fingerprint density at radius 1 is 1.29 bits per heavy atom. The highest BCUT2D eigenvalue weighted by molar-refractivity contribution is 5.14. The highest BCUT2D eigenvalue weighted by Crippen LogP contribution is 2.10. The Kier molecular flexibility index (Phi) is 4.98. The smallest absolute Gasteiger partial charge is 0.0558 e. The molecule has 0 radical (unpaired) electrons. The number of benzene rings is 1. The summed E-state index contributed by atoms with van der Waals surface area (Å²) in [5.74, 6) is 0. The van der Waals surface area contributed by atoms with Gasteiger partial charge in [-0.3, -0.25) is 4.90 Å².